The molecule has 5 rings (SSSR count). The molecule has 0 saturated carbocycles. The van der Waals surface area contributed by atoms with E-state index in [1.54, 1.807) is 13.2 Å². The summed E-state index contributed by atoms with van der Waals surface area (Å²) < 4.78 is 16.8. The molecule has 3 aromatic carbocycles. The number of aromatic hydroxyl groups is 1. The zero-order valence-electron chi connectivity index (χ0n) is 25.2. The van der Waals surface area contributed by atoms with E-state index in [1.165, 1.54) is 54.5 Å². The first-order valence-electron chi connectivity index (χ1n) is 15.2. The summed E-state index contributed by atoms with van der Waals surface area (Å²) in [6, 6.07) is 22.4. The van der Waals surface area contributed by atoms with Gasteiger partial charge < -0.3 is 29.1 Å². The predicted molar refractivity (Wildman–Crippen MR) is 167 cm³/mol. The topological polar surface area (TPSA) is 54.4 Å². The monoisotopic (exact) mass is 560 g/mol. The Balaban J connectivity index is 0.000000291. The maximum atomic E-state index is 9.19. The smallest absolute Gasteiger partial charge is 0.120 e. The zero-order valence-corrected chi connectivity index (χ0v) is 25.2. The number of aryl methyl sites for hydroxylation is 2. The van der Waals surface area contributed by atoms with E-state index in [9.17, 15) is 5.11 Å². The Hall–Kier alpha value is -3.22. The molecule has 1 aliphatic heterocycles. The lowest BCUT2D eigenvalue weighted by Gasteiger charge is -2.27. The molecule has 0 amide bonds. The number of phenols is 1. The Morgan fingerprint density at radius 1 is 0.902 bits per heavy atom. The van der Waals surface area contributed by atoms with Gasteiger partial charge in [-0.15, -0.1) is 0 Å². The van der Waals surface area contributed by atoms with Gasteiger partial charge in [-0.2, -0.15) is 0 Å². The van der Waals surface area contributed by atoms with Gasteiger partial charge in [0.1, 0.15) is 23.9 Å². The van der Waals surface area contributed by atoms with Crippen molar-refractivity contribution in [3.63, 3.8) is 0 Å². The van der Waals surface area contributed by atoms with Gasteiger partial charge in [0.05, 0.1) is 7.11 Å². The molecule has 0 atom stereocenters. The van der Waals surface area contributed by atoms with E-state index in [0.29, 0.717) is 12.4 Å². The van der Waals surface area contributed by atoms with Crippen molar-refractivity contribution >= 4 is 5.69 Å². The quantitative estimate of drug-likeness (QED) is 0.281. The predicted octanol–water partition coefficient (Wildman–Crippen LogP) is 6.73. The van der Waals surface area contributed by atoms with Crippen molar-refractivity contribution in [2.45, 2.75) is 52.0 Å². The lowest BCUT2D eigenvalue weighted by Crippen LogP contribution is -2.32. The molecule has 1 aliphatic carbocycles. The minimum atomic E-state index is 0.408. The van der Waals surface area contributed by atoms with Crippen molar-refractivity contribution in [1.82, 2.24) is 4.90 Å². The number of hydrogen-bond acceptors (Lipinski definition) is 6. The summed E-state index contributed by atoms with van der Waals surface area (Å²) in [4.78, 5) is 4.71. The van der Waals surface area contributed by atoms with Gasteiger partial charge in [0.25, 0.3) is 0 Å². The number of hydrogen-bond donors (Lipinski definition) is 1. The fourth-order valence-corrected chi connectivity index (χ4v) is 5.60. The summed E-state index contributed by atoms with van der Waals surface area (Å²) in [6.45, 7) is 8.57. The molecule has 0 aromatic heterocycles. The van der Waals surface area contributed by atoms with E-state index < -0.39 is 0 Å². The average molecular weight is 561 g/mol. The van der Waals surface area contributed by atoms with Crippen molar-refractivity contribution in [3.05, 3.63) is 83.4 Å². The molecule has 0 bridgehead atoms. The normalized spacial score (nSPS) is 15.0. The maximum absolute atomic E-state index is 9.19. The number of ether oxygens (including phenoxy) is 3. The molecule has 1 fully saturated rings. The lowest BCUT2D eigenvalue weighted by molar-refractivity contribution is 0.0543. The summed E-state index contributed by atoms with van der Waals surface area (Å²) in [7, 11) is 3.89. The molecule has 41 heavy (non-hydrogen) atoms. The summed E-state index contributed by atoms with van der Waals surface area (Å²) in [5.74, 6) is 2.99. The van der Waals surface area contributed by atoms with E-state index in [-0.39, 0.29) is 0 Å². The molecule has 1 N–H and O–H groups in total. The maximum Gasteiger partial charge on any atom is 0.120 e. The molecule has 0 radical (unpaired) electrons. The van der Waals surface area contributed by atoms with Crippen LogP contribution in [0.5, 0.6) is 17.2 Å². The van der Waals surface area contributed by atoms with Gasteiger partial charge in [0.2, 0.25) is 0 Å². The molecule has 6 nitrogen and oxygen atoms in total. The van der Waals surface area contributed by atoms with E-state index in [1.807, 2.05) is 24.3 Å². The van der Waals surface area contributed by atoms with Crippen molar-refractivity contribution in [1.29, 1.82) is 0 Å². The van der Waals surface area contributed by atoms with Gasteiger partial charge in [-0.1, -0.05) is 24.3 Å². The highest BCUT2D eigenvalue weighted by Gasteiger charge is 2.15. The van der Waals surface area contributed by atoms with Gasteiger partial charge in [-0.3, -0.25) is 0 Å². The number of likely N-dealkylation sites (N-methyl/N-ethyl adjacent to an activating group) is 1. The minimum absolute atomic E-state index is 0.408. The van der Waals surface area contributed by atoms with Crippen LogP contribution in [0, 0.1) is 5.92 Å². The van der Waals surface area contributed by atoms with E-state index in [2.05, 4.69) is 60.2 Å². The number of phenolic OH excluding ortho intramolecular Hbond substituents is 1. The first kappa shape index (κ1) is 30.7. The standard InChI is InChI=1S/C25H36N2O3.C10H12O/c1-4-27(23-6-5-7-25(18-23)28-3)20-21-8-10-24(11-9-21)30-17-14-26(2)19-22-12-15-29-16-13-22;11-10-6-5-8-3-1-2-4-9(8)7-10/h5-11,18,22H,4,12-17,19-20H2,1-3H3;5-7,11H,1-4H2. The third kappa shape index (κ3) is 9.98. The Kier molecular flexibility index (Phi) is 12.2. The van der Waals surface area contributed by atoms with E-state index in [4.69, 9.17) is 14.2 Å². The van der Waals surface area contributed by atoms with Crippen LogP contribution in [-0.4, -0.2) is 63.6 Å². The SMILES string of the molecule is CCN(Cc1ccc(OCCN(C)CC2CCOCC2)cc1)c1cccc(OC)c1.Oc1ccc2c(c1)CCCC2. The van der Waals surface area contributed by atoms with Gasteiger partial charge in [0, 0.05) is 51.1 Å². The highest BCUT2D eigenvalue weighted by Crippen LogP contribution is 2.25. The summed E-state index contributed by atoms with van der Waals surface area (Å²) in [6.07, 6.45) is 7.27. The lowest BCUT2D eigenvalue weighted by atomic mass is 9.92. The highest BCUT2D eigenvalue weighted by atomic mass is 16.5. The van der Waals surface area contributed by atoms with E-state index in [0.717, 1.165) is 63.2 Å². The van der Waals surface area contributed by atoms with Crippen LogP contribution in [-0.2, 0) is 24.1 Å². The van der Waals surface area contributed by atoms with Crippen LogP contribution >= 0.6 is 0 Å². The Labute approximate surface area is 246 Å². The molecular formula is C35H48N2O4. The fourth-order valence-electron chi connectivity index (χ4n) is 5.60. The average Bonchev–Trinajstić information content (AvgIpc) is 3.01. The Morgan fingerprint density at radius 2 is 1.66 bits per heavy atom. The minimum Gasteiger partial charge on any atom is -0.508 e. The number of methoxy groups -OCH3 is 1. The number of nitrogens with zero attached hydrogens (tertiary/aromatic N) is 2. The second-order valence-electron chi connectivity index (χ2n) is 11.2. The first-order valence-corrected chi connectivity index (χ1v) is 15.2. The van der Waals surface area contributed by atoms with Crippen LogP contribution in [0.3, 0.4) is 0 Å². The molecule has 0 spiro atoms. The van der Waals surface area contributed by atoms with Crippen LogP contribution in [0.4, 0.5) is 5.69 Å². The van der Waals surface area contributed by atoms with Crippen molar-refractivity contribution in [2.75, 3.05) is 58.5 Å². The van der Waals surface area contributed by atoms with Crippen LogP contribution in [0.15, 0.2) is 66.7 Å². The number of fused-ring (bicyclic) bond motifs is 1. The number of anilines is 1. The van der Waals surface area contributed by atoms with Crippen molar-refractivity contribution < 1.29 is 19.3 Å². The Bertz CT molecular complexity index is 1180. The number of rotatable bonds is 11. The van der Waals surface area contributed by atoms with Crippen molar-refractivity contribution in [3.8, 4) is 17.2 Å². The van der Waals surface area contributed by atoms with Crippen LogP contribution in [0.25, 0.3) is 0 Å². The molecule has 1 heterocycles. The zero-order chi connectivity index (χ0) is 28.9. The fraction of sp³-hybridized carbons (Fsp3) is 0.486. The summed E-state index contributed by atoms with van der Waals surface area (Å²) in [5, 5.41) is 9.19. The van der Waals surface area contributed by atoms with Crippen molar-refractivity contribution in [2.24, 2.45) is 5.92 Å². The van der Waals surface area contributed by atoms with Gasteiger partial charge in [-0.25, -0.2) is 0 Å². The second-order valence-corrected chi connectivity index (χ2v) is 11.2. The molecule has 6 heteroatoms. The van der Waals surface area contributed by atoms with Crippen LogP contribution in [0.1, 0.15) is 49.3 Å². The summed E-state index contributed by atoms with van der Waals surface area (Å²) >= 11 is 0. The Morgan fingerprint density at radius 3 is 2.39 bits per heavy atom. The van der Waals surface area contributed by atoms with Crippen LogP contribution in [0.2, 0.25) is 0 Å². The van der Waals surface area contributed by atoms with E-state index >= 15 is 0 Å². The summed E-state index contributed by atoms with van der Waals surface area (Å²) in [5.41, 5.74) is 5.21. The highest BCUT2D eigenvalue weighted by molar-refractivity contribution is 5.51. The molecular weight excluding hydrogens is 512 g/mol. The van der Waals surface area contributed by atoms with Gasteiger partial charge >= 0.3 is 0 Å². The molecule has 3 aromatic rings. The molecule has 0 unspecified atom stereocenters. The molecule has 2 aliphatic rings. The largest absolute Gasteiger partial charge is 0.508 e. The van der Waals surface area contributed by atoms with Gasteiger partial charge in [-0.05, 0) is 112 Å². The molecule has 1 saturated heterocycles. The second kappa shape index (κ2) is 16.3. The third-order valence-electron chi connectivity index (χ3n) is 8.08. The third-order valence-corrected chi connectivity index (χ3v) is 8.08. The first-order chi connectivity index (χ1) is 20.0. The molecule has 222 valence electrons. The van der Waals surface area contributed by atoms with Gasteiger partial charge in [0.15, 0.2) is 0 Å². The number of benzene rings is 3. The van der Waals surface area contributed by atoms with Crippen LogP contribution < -0.4 is 14.4 Å².